The Hall–Kier alpha value is -2.31. The van der Waals surface area contributed by atoms with Gasteiger partial charge in [-0.15, -0.1) is 0 Å². The molecule has 1 aliphatic rings. The number of nitrogens with zero attached hydrogens (tertiary/aromatic N) is 6. The number of nitrogens with one attached hydrogen (secondary N) is 1. The van der Waals surface area contributed by atoms with E-state index in [1.165, 1.54) is 0 Å². The average molecular weight is 301 g/mol. The number of azide groups is 1. The molecule has 0 aromatic carbocycles. The molecule has 0 atom stereocenters. The largest absolute Gasteiger partial charge is 0.381 e. The highest BCUT2D eigenvalue weighted by atomic mass is 16.5. The Morgan fingerprint density at radius 3 is 3.00 bits per heavy atom. The lowest BCUT2D eigenvalue weighted by atomic mass is 10.1. The van der Waals surface area contributed by atoms with Crippen molar-refractivity contribution in [3.05, 3.63) is 28.4 Å². The summed E-state index contributed by atoms with van der Waals surface area (Å²) in [6, 6.07) is 0.356. The molecule has 8 heteroatoms. The van der Waals surface area contributed by atoms with E-state index in [2.05, 4.69) is 25.4 Å². The van der Waals surface area contributed by atoms with Gasteiger partial charge < -0.3 is 10.1 Å². The van der Waals surface area contributed by atoms with Gasteiger partial charge in [0.05, 0.1) is 23.8 Å². The van der Waals surface area contributed by atoms with Crippen LogP contribution in [-0.2, 0) is 17.8 Å². The molecule has 0 bridgehead atoms. The van der Waals surface area contributed by atoms with Crippen LogP contribution in [0.25, 0.3) is 21.5 Å². The molecule has 2 aromatic heterocycles. The van der Waals surface area contributed by atoms with Crippen LogP contribution in [0, 0.1) is 0 Å². The van der Waals surface area contributed by atoms with Crippen LogP contribution in [-0.4, -0.2) is 34.0 Å². The normalized spacial score (nSPS) is 15.7. The first-order valence-corrected chi connectivity index (χ1v) is 7.52. The molecule has 1 saturated heterocycles. The fourth-order valence-corrected chi connectivity index (χ4v) is 2.74. The van der Waals surface area contributed by atoms with Gasteiger partial charge in [-0.2, -0.15) is 5.10 Å². The molecule has 0 aliphatic carbocycles. The highest BCUT2D eigenvalue weighted by Gasteiger charge is 2.18. The van der Waals surface area contributed by atoms with Gasteiger partial charge in [0.25, 0.3) is 0 Å². The molecule has 3 rings (SSSR count). The highest BCUT2D eigenvalue weighted by Crippen LogP contribution is 2.28. The van der Waals surface area contributed by atoms with Gasteiger partial charge in [-0.1, -0.05) is 5.11 Å². The lowest BCUT2D eigenvalue weighted by Crippen LogP contribution is -2.28. The third-order valence-corrected chi connectivity index (χ3v) is 3.92. The van der Waals surface area contributed by atoms with Crippen LogP contribution in [0.4, 0.5) is 5.69 Å². The molecule has 8 nitrogen and oxygen atoms in total. The van der Waals surface area contributed by atoms with Gasteiger partial charge in [-0.05, 0) is 25.3 Å². The van der Waals surface area contributed by atoms with Crippen molar-refractivity contribution in [3.8, 4) is 0 Å². The Labute approximate surface area is 128 Å². The predicted molar refractivity (Wildman–Crippen MR) is 83.5 cm³/mol. The van der Waals surface area contributed by atoms with Crippen molar-refractivity contribution in [1.82, 2.24) is 14.8 Å². The van der Waals surface area contributed by atoms with Crippen molar-refractivity contribution in [2.75, 3.05) is 18.5 Å². The van der Waals surface area contributed by atoms with Crippen LogP contribution >= 0.6 is 0 Å². The van der Waals surface area contributed by atoms with Gasteiger partial charge in [-0.25, -0.2) is 9.67 Å². The van der Waals surface area contributed by atoms with Crippen molar-refractivity contribution >= 4 is 16.7 Å². The topological polar surface area (TPSA) is 101 Å². The van der Waals surface area contributed by atoms with Crippen LogP contribution in [0.2, 0.25) is 0 Å². The van der Waals surface area contributed by atoms with E-state index in [1.54, 1.807) is 6.20 Å². The molecule has 3 heterocycles. The smallest absolute Gasteiger partial charge is 0.159 e. The quantitative estimate of drug-likeness (QED) is 0.521. The zero-order chi connectivity index (χ0) is 15.4. The van der Waals surface area contributed by atoms with Crippen molar-refractivity contribution in [3.63, 3.8) is 0 Å². The van der Waals surface area contributed by atoms with Crippen LogP contribution in [0.5, 0.6) is 0 Å². The first-order valence-electron chi connectivity index (χ1n) is 7.52. The molecule has 1 aliphatic heterocycles. The van der Waals surface area contributed by atoms with Crippen LogP contribution in [0.3, 0.4) is 0 Å². The van der Waals surface area contributed by atoms with E-state index in [9.17, 15) is 0 Å². The lowest BCUT2D eigenvalue weighted by molar-refractivity contribution is 0.0904. The summed E-state index contributed by atoms with van der Waals surface area (Å²) in [5.41, 5.74) is 11.3. The zero-order valence-electron chi connectivity index (χ0n) is 12.6. The minimum atomic E-state index is 0.280. The number of anilines is 1. The molecule has 0 radical (unpaired) electrons. The summed E-state index contributed by atoms with van der Waals surface area (Å²) in [6.07, 6.45) is 5.53. The van der Waals surface area contributed by atoms with Gasteiger partial charge >= 0.3 is 0 Å². The van der Waals surface area contributed by atoms with Crippen molar-refractivity contribution in [2.24, 2.45) is 5.11 Å². The summed E-state index contributed by atoms with van der Waals surface area (Å²) in [5.74, 6) is 0. The maximum Gasteiger partial charge on any atom is 0.159 e. The maximum atomic E-state index is 8.58. The number of rotatable bonds is 5. The third kappa shape index (κ3) is 2.84. The van der Waals surface area contributed by atoms with Crippen LogP contribution in [0.15, 0.2) is 17.5 Å². The average Bonchev–Trinajstić information content (AvgIpc) is 2.98. The fraction of sp³-hybridized carbons (Fsp3) is 0.571. The Bertz CT molecular complexity index is 699. The van der Waals surface area contributed by atoms with Crippen molar-refractivity contribution < 1.29 is 4.74 Å². The van der Waals surface area contributed by atoms with Gasteiger partial charge in [0.15, 0.2) is 5.65 Å². The van der Waals surface area contributed by atoms with E-state index >= 15 is 0 Å². The number of ether oxygens (including phenoxy) is 1. The lowest BCUT2D eigenvalue weighted by Gasteiger charge is -2.25. The van der Waals surface area contributed by atoms with Crippen molar-refractivity contribution in [1.29, 1.82) is 0 Å². The van der Waals surface area contributed by atoms with E-state index in [0.29, 0.717) is 6.04 Å². The monoisotopic (exact) mass is 301 g/mol. The number of aromatic nitrogens is 3. The van der Waals surface area contributed by atoms with Crippen LogP contribution < -0.4 is 5.32 Å². The first-order chi connectivity index (χ1) is 10.8. The van der Waals surface area contributed by atoms with Gasteiger partial charge in [0.1, 0.15) is 0 Å². The first kappa shape index (κ1) is 14.6. The molecule has 0 amide bonds. The standard InChI is InChI=1S/C14H19N7O/c1-2-21-14-12(9-18-21)13(10(7-16-14)8-17-20-15)19-11-3-5-22-6-4-11/h7,9,11H,2-6,8H2,1H3,(H,16,19). The second-order valence-corrected chi connectivity index (χ2v) is 5.28. The Morgan fingerprint density at radius 2 is 2.27 bits per heavy atom. The van der Waals surface area contributed by atoms with E-state index in [1.807, 2.05) is 17.8 Å². The highest BCUT2D eigenvalue weighted by molar-refractivity contribution is 5.90. The Kier molecular flexibility index (Phi) is 4.41. The van der Waals surface area contributed by atoms with Gasteiger partial charge in [-0.3, -0.25) is 0 Å². The molecule has 2 aromatic rings. The summed E-state index contributed by atoms with van der Waals surface area (Å²) in [7, 11) is 0. The van der Waals surface area contributed by atoms with E-state index in [-0.39, 0.29) is 6.54 Å². The van der Waals surface area contributed by atoms with Crippen LogP contribution in [0.1, 0.15) is 25.3 Å². The SMILES string of the molecule is CCn1ncc2c(NC3CCOCC3)c(CN=[N+]=[N-])cnc21. The molecule has 22 heavy (non-hydrogen) atoms. The molecular formula is C14H19N7O. The number of hydrogen-bond acceptors (Lipinski definition) is 5. The molecule has 1 fully saturated rings. The summed E-state index contributed by atoms with van der Waals surface area (Å²) < 4.78 is 7.27. The molecule has 116 valence electrons. The molecular weight excluding hydrogens is 282 g/mol. The zero-order valence-corrected chi connectivity index (χ0v) is 12.6. The Morgan fingerprint density at radius 1 is 1.45 bits per heavy atom. The minimum absolute atomic E-state index is 0.280. The summed E-state index contributed by atoms with van der Waals surface area (Å²) in [6.45, 7) is 4.62. The number of aryl methyl sites for hydroxylation is 1. The minimum Gasteiger partial charge on any atom is -0.381 e. The predicted octanol–water partition coefficient (Wildman–Crippen LogP) is 2.85. The fourth-order valence-electron chi connectivity index (χ4n) is 2.74. The summed E-state index contributed by atoms with van der Waals surface area (Å²) in [5, 5.41) is 12.6. The summed E-state index contributed by atoms with van der Waals surface area (Å²) >= 11 is 0. The second kappa shape index (κ2) is 6.64. The number of hydrogen-bond donors (Lipinski definition) is 1. The van der Waals surface area contributed by atoms with E-state index < -0.39 is 0 Å². The maximum absolute atomic E-state index is 8.58. The second-order valence-electron chi connectivity index (χ2n) is 5.28. The number of fused-ring (bicyclic) bond motifs is 1. The number of pyridine rings is 1. The van der Waals surface area contributed by atoms with Crippen molar-refractivity contribution in [2.45, 2.75) is 38.9 Å². The molecule has 1 N–H and O–H groups in total. The van der Waals surface area contributed by atoms with Gasteiger partial charge in [0, 0.05) is 42.5 Å². The molecule has 0 unspecified atom stereocenters. The third-order valence-electron chi connectivity index (χ3n) is 3.92. The molecule has 0 spiro atoms. The van der Waals surface area contributed by atoms with Gasteiger partial charge in [0.2, 0.25) is 0 Å². The Balaban J connectivity index is 2.00. The van der Waals surface area contributed by atoms with E-state index in [0.717, 1.165) is 54.9 Å². The molecule has 0 saturated carbocycles. The summed E-state index contributed by atoms with van der Waals surface area (Å²) in [4.78, 5) is 7.32. The van der Waals surface area contributed by atoms with E-state index in [4.69, 9.17) is 10.3 Å².